The number of unbranched alkanes of at least 4 members (excludes halogenated alkanes) is 1. The minimum absolute atomic E-state index is 0.206. The molecule has 0 bridgehead atoms. The number of nitrogens with zero attached hydrogens (tertiary/aromatic N) is 2. The van der Waals surface area contributed by atoms with Crippen LogP contribution in [0.1, 0.15) is 42.1 Å². The Kier molecular flexibility index (Phi) is 5.99. The lowest BCUT2D eigenvalue weighted by atomic mass is 10.2. The van der Waals surface area contributed by atoms with Gasteiger partial charge in [-0.25, -0.2) is 4.98 Å². The molecule has 1 heterocycles. The van der Waals surface area contributed by atoms with E-state index in [1.165, 1.54) is 4.90 Å². The van der Waals surface area contributed by atoms with E-state index in [2.05, 4.69) is 4.98 Å². The van der Waals surface area contributed by atoms with Crippen LogP contribution < -0.4 is 0 Å². The Labute approximate surface area is 143 Å². The molecular weight excluding hydrogens is 337 g/mol. The van der Waals surface area contributed by atoms with Crippen molar-refractivity contribution in [2.75, 3.05) is 13.1 Å². The zero-order valence-electron chi connectivity index (χ0n) is 13.6. The van der Waals surface area contributed by atoms with Gasteiger partial charge in [-0.3, -0.25) is 4.79 Å². The van der Waals surface area contributed by atoms with Gasteiger partial charge in [0.15, 0.2) is 5.69 Å². The van der Waals surface area contributed by atoms with Crippen LogP contribution in [0.25, 0.3) is 10.6 Å². The first-order valence-electron chi connectivity index (χ1n) is 7.81. The maximum atomic E-state index is 13.3. The first-order chi connectivity index (χ1) is 11.4. The largest absolute Gasteiger partial charge is 0.435 e. The summed E-state index contributed by atoms with van der Waals surface area (Å²) in [6, 6.07) is 8.59. The zero-order chi connectivity index (χ0) is 17.7. The SMILES string of the molecule is CCCCN(CC)C(=O)c1sc(-c2ccccc2)nc1C(F)(F)F. The van der Waals surface area contributed by atoms with E-state index in [-0.39, 0.29) is 9.88 Å². The molecule has 7 heteroatoms. The molecule has 0 saturated heterocycles. The number of aromatic nitrogens is 1. The molecule has 1 aromatic heterocycles. The predicted octanol–water partition coefficient (Wildman–Crippen LogP) is 5.09. The van der Waals surface area contributed by atoms with Crippen LogP contribution in [0.15, 0.2) is 30.3 Å². The molecule has 130 valence electrons. The van der Waals surface area contributed by atoms with Crippen molar-refractivity contribution in [2.45, 2.75) is 32.9 Å². The molecular formula is C17H19F3N2OS. The number of carbonyl (C=O) groups excluding carboxylic acids is 1. The standard InChI is InChI=1S/C17H19F3N2OS/c1-3-5-11-22(4-2)16(23)13-14(17(18,19)20)21-15(24-13)12-9-7-6-8-10-12/h6-10H,3-5,11H2,1-2H3. The van der Waals surface area contributed by atoms with Gasteiger partial charge in [0.2, 0.25) is 0 Å². The van der Waals surface area contributed by atoms with Gasteiger partial charge in [0, 0.05) is 18.7 Å². The average molecular weight is 356 g/mol. The second kappa shape index (κ2) is 7.79. The monoisotopic (exact) mass is 356 g/mol. The number of thiazole rings is 1. The molecule has 0 unspecified atom stereocenters. The zero-order valence-corrected chi connectivity index (χ0v) is 14.4. The van der Waals surface area contributed by atoms with Gasteiger partial charge in [-0.1, -0.05) is 43.7 Å². The van der Waals surface area contributed by atoms with Crippen molar-refractivity contribution in [1.29, 1.82) is 0 Å². The molecule has 0 aliphatic rings. The number of hydrogen-bond donors (Lipinski definition) is 0. The fourth-order valence-corrected chi connectivity index (χ4v) is 3.32. The molecule has 24 heavy (non-hydrogen) atoms. The number of hydrogen-bond acceptors (Lipinski definition) is 3. The van der Waals surface area contributed by atoms with Crippen molar-refractivity contribution in [3.8, 4) is 10.6 Å². The highest BCUT2D eigenvalue weighted by Crippen LogP contribution is 2.38. The van der Waals surface area contributed by atoms with Gasteiger partial charge >= 0.3 is 6.18 Å². The highest BCUT2D eigenvalue weighted by atomic mass is 32.1. The quantitative estimate of drug-likeness (QED) is 0.722. The average Bonchev–Trinajstić information content (AvgIpc) is 3.02. The maximum Gasteiger partial charge on any atom is 0.435 e. The van der Waals surface area contributed by atoms with E-state index >= 15 is 0 Å². The normalized spacial score (nSPS) is 11.5. The first-order valence-corrected chi connectivity index (χ1v) is 8.62. The molecule has 0 spiro atoms. The summed E-state index contributed by atoms with van der Waals surface area (Å²) in [5.74, 6) is -0.599. The number of benzene rings is 1. The summed E-state index contributed by atoms with van der Waals surface area (Å²) in [6.45, 7) is 4.55. The summed E-state index contributed by atoms with van der Waals surface area (Å²) in [5.41, 5.74) is -0.519. The lowest BCUT2D eigenvalue weighted by molar-refractivity contribution is -0.141. The first kappa shape index (κ1) is 18.4. The molecule has 0 fully saturated rings. The number of halogens is 3. The van der Waals surface area contributed by atoms with E-state index in [9.17, 15) is 18.0 Å². The third-order valence-corrected chi connectivity index (χ3v) is 4.65. The second-order valence-electron chi connectivity index (χ2n) is 5.30. The van der Waals surface area contributed by atoms with Gasteiger partial charge in [-0.2, -0.15) is 13.2 Å². The third-order valence-electron chi connectivity index (χ3n) is 3.56. The van der Waals surface area contributed by atoms with Crippen molar-refractivity contribution in [1.82, 2.24) is 9.88 Å². The Bertz CT molecular complexity index is 683. The molecule has 0 aliphatic heterocycles. The van der Waals surface area contributed by atoms with Crippen LogP contribution in [0.3, 0.4) is 0 Å². The van der Waals surface area contributed by atoms with Gasteiger partial charge in [-0.05, 0) is 13.3 Å². The molecule has 0 saturated carbocycles. The maximum absolute atomic E-state index is 13.3. The van der Waals surface area contributed by atoms with Gasteiger partial charge in [-0.15, -0.1) is 11.3 Å². The number of carbonyl (C=O) groups is 1. The molecule has 0 aliphatic carbocycles. The molecule has 0 radical (unpaired) electrons. The molecule has 0 N–H and O–H groups in total. The third kappa shape index (κ3) is 4.14. The van der Waals surface area contributed by atoms with Crippen LogP contribution in [0.5, 0.6) is 0 Å². The number of rotatable bonds is 6. The van der Waals surface area contributed by atoms with Crippen LogP contribution in [0.4, 0.5) is 13.2 Å². The van der Waals surface area contributed by atoms with E-state index in [0.717, 1.165) is 24.2 Å². The lowest BCUT2D eigenvalue weighted by Crippen LogP contribution is -2.32. The highest BCUT2D eigenvalue weighted by Gasteiger charge is 2.40. The van der Waals surface area contributed by atoms with Gasteiger partial charge < -0.3 is 4.90 Å². The van der Waals surface area contributed by atoms with Crippen LogP contribution in [-0.2, 0) is 6.18 Å². The van der Waals surface area contributed by atoms with Crippen molar-refractivity contribution in [3.63, 3.8) is 0 Å². The smallest absolute Gasteiger partial charge is 0.338 e. The Hall–Kier alpha value is -1.89. The lowest BCUT2D eigenvalue weighted by Gasteiger charge is -2.20. The summed E-state index contributed by atoms with van der Waals surface area (Å²) in [5, 5.41) is 0.206. The second-order valence-corrected chi connectivity index (χ2v) is 6.30. The Balaban J connectivity index is 2.44. The van der Waals surface area contributed by atoms with Crippen LogP contribution in [0.2, 0.25) is 0 Å². The van der Waals surface area contributed by atoms with Crippen LogP contribution in [0, 0.1) is 0 Å². The van der Waals surface area contributed by atoms with E-state index in [1.807, 2.05) is 6.92 Å². The fraction of sp³-hybridized carbons (Fsp3) is 0.412. The summed E-state index contributed by atoms with van der Waals surface area (Å²) in [6.07, 6.45) is -3.03. The van der Waals surface area contributed by atoms with E-state index in [4.69, 9.17) is 0 Å². The Morgan fingerprint density at radius 3 is 2.42 bits per heavy atom. The van der Waals surface area contributed by atoms with Crippen LogP contribution >= 0.6 is 11.3 Å². The number of amides is 1. The Morgan fingerprint density at radius 1 is 1.21 bits per heavy atom. The summed E-state index contributed by atoms with van der Waals surface area (Å²) < 4.78 is 40.0. The molecule has 2 aromatic rings. The summed E-state index contributed by atoms with van der Waals surface area (Å²) >= 11 is 0.802. The van der Waals surface area contributed by atoms with Crippen molar-refractivity contribution < 1.29 is 18.0 Å². The molecule has 1 aromatic carbocycles. The highest BCUT2D eigenvalue weighted by molar-refractivity contribution is 7.17. The molecule has 1 amide bonds. The van der Waals surface area contributed by atoms with E-state index < -0.39 is 17.8 Å². The van der Waals surface area contributed by atoms with Crippen LogP contribution in [-0.4, -0.2) is 28.9 Å². The summed E-state index contributed by atoms with van der Waals surface area (Å²) in [4.78, 5) is 17.4. The van der Waals surface area contributed by atoms with Gasteiger partial charge in [0.05, 0.1) is 0 Å². The number of alkyl halides is 3. The van der Waals surface area contributed by atoms with Crippen molar-refractivity contribution >= 4 is 17.2 Å². The fourth-order valence-electron chi connectivity index (χ4n) is 2.26. The minimum Gasteiger partial charge on any atom is -0.338 e. The molecule has 0 atom stereocenters. The van der Waals surface area contributed by atoms with Gasteiger partial charge in [0.25, 0.3) is 5.91 Å². The van der Waals surface area contributed by atoms with Crippen molar-refractivity contribution in [2.24, 2.45) is 0 Å². The predicted molar refractivity (Wildman–Crippen MR) is 89.0 cm³/mol. The van der Waals surface area contributed by atoms with E-state index in [0.29, 0.717) is 18.7 Å². The minimum atomic E-state index is -4.65. The summed E-state index contributed by atoms with van der Waals surface area (Å²) in [7, 11) is 0. The van der Waals surface area contributed by atoms with Crippen molar-refractivity contribution in [3.05, 3.63) is 40.9 Å². The van der Waals surface area contributed by atoms with E-state index in [1.54, 1.807) is 37.3 Å². The topological polar surface area (TPSA) is 33.2 Å². The molecule has 2 rings (SSSR count). The van der Waals surface area contributed by atoms with Gasteiger partial charge in [0.1, 0.15) is 9.88 Å². The Morgan fingerprint density at radius 2 is 1.88 bits per heavy atom. The molecule has 3 nitrogen and oxygen atoms in total.